The molecule has 0 spiro atoms. The number of carboxylic acid groups (broad SMARTS) is 1. The van der Waals surface area contributed by atoms with E-state index >= 15 is 0 Å². The SMILES string of the molecule is CCN1CC(=Cc2ccc(OCc3ccccc3)c(OC)c2)c2nc3ccccc3c(C(=O)O)c2C1. The van der Waals surface area contributed by atoms with Crippen LogP contribution in [0.4, 0.5) is 0 Å². The fraction of sp³-hybridized carbons (Fsp3) is 0.200. The third-order valence-corrected chi connectivity index (χ3v) is 6.50. The number of carboxylic acids is 1. The minimum absolute atomic E-state index is 0.335. The van der Waals surface area contributed by atoms with Crippen molar-refractivity contribution in [1.82, 2.24) is 9.88 Å². The van der Waals surface area contributed by atoms with Crippen molar-refractivity contribution in [2.45, 2.75) is 20.1 Å². The van der Waals surface area contributed by atoms with Crippen molar-refractivity contribution in [1.29, 1.82) is 0 Å². The molecule has 36 heavy (non-hydrogen) atoms. The van der Waals surface area contributed by atoms with E-state index in [1.807, 2.05) is 72.8 Å². The van der Waals surface area contributed by atoms with Gasteiger partial charge in [-0.1, -0.05) is 61.5 Å². The lowest BCUT2D eigenvalue weighted by atomic mass is 9.92. The van der Waals surface area contributed by atoms with Gasteiger partial charge in [0.2, 0.25) is 0 Å². The smallest absolute Gasteiger partial charge is 0.336 e. The fourth-order valence-electron chi connectivity index (χ4n) is 4.68. The predicted molar refractivity (Wildman–Crippen MR) is 141 cm³/mol. The molecule has 0 bridgehead atoms. The van der Waals surface area contributed by atoms with Crippen molar-refractivity contribution in [3.63, 3.8) is 0 Å². The molecular weight excluding hydrogens is 452 g/mol. The van der Waals surface area contributed by atoms with E-state index in [-0.39, 0.29) is 0 Å². The van der Waals surface area contributed by atoms with Crippen LogP contribution in [0.2, 0.25) is 0 Å². The first kappa shape index (κ1) is 23.6. The number of aromatic carboxylic acids is 1. The van der Waals surface area contributed by atoms with Gasteiger partial charge in [0, 0.05) is 24.0 Å². The lowest BCUT2D eigenvalue weighted by Gasteiger charge is -2.30. The lowest BCUT2D eigenvalue weighted by Crippen LogP contribution is -2.31. The van der Waals surface area contributed by atoms with Gasteiger partial charge in [-0.25, -0.2) is 9.78 Å². The molecule has 0 amide bonds. The van der Waals surface area contributed by atoms with Crippen molar-refractivity contribution < 1.29 is 19.4 Å². The third-order valence-electron chi connectivity index (χ3n) is 6.50. The third kappa shape index (κ3) is 4.68. The number of aromatic nitrogens is 1. The summed E-state index contributed by atoms with van der Waals surface area (Å²) in [4.78, 5) is 19.5. The van der Waals surface area contributed by atoms with E-state index in [2.05, 4.69) is 17.9 Å². The number of para-hydroxylation sites is 1. The number of pyridine rings is 1. The zero-order chi connectivity index (χ0) is 25.1. The molecule has 0 atom stereocenters. The highest BCUT2D eigenvalue weighted by atomic mass is 16.5. The molecule has 1 aliphatic rings. The zero-order valence-electron chi connectivity index (χ0n) is 20.4. The Balaban J connectivity index is 1.55. The molecule has 2 heterocycles. The molecular formula is C30H28N2O4. The normalized spacial score (nSPS) is 14.6. The number of carbonyl (C=O) groups is 1. The Kier molecular flexibility index (Phi) is 6.69. The fourth-order valence-corrected chi connectivity index (χ4v) is 4.68. The van der Waals surface area contributed by atoms with E-state index in [1.54, 1.807) is 7.11 Å². The van der Waals surface area contributed by atoms with Crippen molar-refractivity contribution in [3.8, 4) is 11.5 Å². The quantitative estimate of drug-likeness (QED) is 0.355. The van der Waals surface area contributed by atoms with Crippen LogP contribution in [-0.4, -0.2) is 41.2 Å². The summed E-state index contributed by atoms with van der Waals surface area (Å²) in [6.07, 6.45) is 2.07. The van der Waals surface area contributed by atoms with E-state index in [4.69, 9.17) is 14.5 Å². The lowest BCUT2D eigenvalue weighted by molar-refractivity contribution is 0.0696. The molecule has 1 aromatic heterocycles. The Morgan fingerprint density at radius 3 is 2.56 bits per heavy atom. The molecule has 0 fully saturated rings. The van der Waals surface area contributed by atoms with Crippen molar-refractivity contribution >= 4 is 28.5 Å². The summed E-state index contributed by atoms with van der Waals surface area (Å²) in [5.74, 6) is 0.380. The van der Waals surface area contributed by atoms with Crippen molar-refractivity contribution in [2.75, 3.05) is 20.2 Å². The molecule has 1 N–H and O–H groups in total. The molecule has 0 radical (unpaired) electrons. The Bertz CT molecular complexity index is 1450. The molecule has 1 aliphatic heterocycles. The number of fused-ring (bicyclic) bond motifs is 2. The number of nitrogens with zero attached hydrogens (tertiary/aromatic N) is 2. The van der Waals surface area contributed by atoms with Crippen LogP contribution in [0, 0.1) is 0 Å². The molecule has 6 nitrogen and oxygen atoms in total. The van der Waals surface area contributed by atoms with Gasteiger partial charge in [-0.15, -0.1) is 0 Å². The van der Waals surface area contributed by atoms with Gasteiger partial charge in [-0.05, 0) is 47.5 Å². The maximum absolute atomic E-state index is 12.3. The zero-order valence-corrected chi connectivity index (χ0v) is 20.4. The van der Waals surface area contributed by atoms with Crippen molar-refractivity contribution in [3.05, 3.63) is 101 Å². The molecule has 0 unspecified atom stereocenters. The topological polar surface area (TPSA) is 71.9 Å². The van der Waals surface area contributed by atoms with E-state index in [0.717, 1.165) is 34.5 Å². The van der Waals surface area contributed by atoms with Crippen LogP contribution < -0.4 is 9.47 Å². The summed E-state index contributed by atoms with van der Waals surface area (Å²) in [6.45, 7) is 4.57. The average molecular weight is 481 g/mol. The summed E-state index contributed by atoms with van der Waals surface area (Å²) in [5, 5.41) is 10.8. The minimum atomic E-state index is -0.927. The van der Waals surface area contributed by atoms with Gasteiger partial charge < -0.3 is 14.6 Å². The first-order chi connectivity index (χ1) is 17.6. The van der Waals surface area contributed by atoms with Crippen LogP contribution in [0.25, 0.3) is 22.6 Å². The molecule has 5 rings (SSSR count). The predicted octanol–water partition coefficient (Wildman–Crippen LogP) is 5.90. The molecule has 6 heteroatoms. The van der Waals surface area contributed by atoms with E-state index in [9.17, 15) is 9.90 Å². The first-order valence-corrected chi connectivity index (χ1v) is 12.0. The Morgan fingerprint density at radius 2 is 1.81 bits per heavy atom. The number of hydrogen-bond donors (Lipinski definition) is 1. The number of likely N-dealkylation sites (N-methyl/N-ethyl adjacent to an activating group) is 1. The van der Waals surface area contributed by atoms with E-state index in [0.29, 0.717) is 47.7 Å². The average Bonchev–Trinajstić information content (AvgIpc) is 2.91. The maximum atomic E-state index is 12.3. The second-order valence-electron chi connectivity index (χ2n) is 8.79. The van der Waals surface area contributed by atoms with Gasteiger partial charge in [0.15, 0.2) is 11.5 Å². The Labute approximate surface area is 210 Å². The van der Waals surface area contributed by atoms with Gasteiger partial charge in [-0.2, -0.15) is 0 Å². The minimum Gasteiger partial charge on any atom is -0.493 e. The highest BCUT2D eigenvalue weighted by Gasteiger charge is 2.28. The van der Waals surface area contributed by atoms with Crippen LogP contribution in [0.1, 0.15) is 39.7 Å². The Morgan fingerprint density at radius 1 is 1.03 bits per heavy atom. The Hall–Kier alpha value is -4.16. The van der Waals surface area contributed by atoms with Crippen LogP contribution in [0.3, 0.4) is 0 Å². The molecule has 3 aromatic carbocycles. The van der Waals surface area contributed by atoms with Crippen LogP contribution in [0.5, 0.6) is 11.5 Å². The summed E-state index contributed by atoms with van der Waals surface area (Å²) in [7, 11) is 1.63. The summed E-state index contributed by atoms with van der Waals surface area (Å²) in [6, 6.07) is 23.3. The molecule has 182 valence electrons. The van der Waals surface area contributed by atoms with Gasteiger partial charge in [0.05, 0.1) is 23.9 Å². The second kappa shape index (κ2) is 10.2. The van der Waals surface area contributed by atoms with E-state index in [1.165, 1.54) is 0 Å². The van der Waals surface area contributed by atoms with E-state index < -0.39 is 5.97 Å². The van der Waals surface area contributed by atoms with Gasteiger partial charge in [0.25, 0.3) is 0 Å². The molecule has 4 aromatic rings. The maximum Gasteiger partial charge on any atom is 0.336 e. The molecule has 0 aliphatic carbocycles. The summed E-state index contributed by atoms with van der Waals surface area (Å²) >= 11 is 0. The van der Waals surface area contributed by atoms with Gasteiger partial charge >= 0.3 is 5.97 Å². The molecule has 0 saturated heterocycles. The summed E-state index contributed by atoms with van der Waals surface area (Å²) in [5.41, 5.74) is 5.52. The number of hydrogen-bond acceptors (Lipinski definition) is 5. The van der Waals surface area contributed by atoms with Gasteiger partial charge in [-0.3, -0.25) is 4.90 Å². The first-order valence-electron chi connectivity index (χ1n) is 12.0. The highest BCUT2D eigenvalue weighted by molar-refractivity contribution is 6.06. The largest absolute Gasteiger partial charge is 0.493 e. The standard InChI is InChI=1S/C30H28N2O4/c1-3-32-17-22(29-24(18-32)28(30(33)34)23-11-7-8-12-25(23)31-29)15-21-13-14-26(27(16-21)35-2)36-19-20-9-5-4-6-10-20/h4-16H,3,17-19H2,1-2H3,(H,33,34). The number of benzene rings is 3. The number of methoxy groups -OCH3 is 1. The van der Waals surface area contributed by atoms with Crippen LogP contribution >= 0.6 is 0 Å². The van der Waals surface area contributed by atoms with Crippen LogP contribution in [-0.2, 0) is 13.2 Å². The van der Waals surface area contributed by atoms with Crippen molar-refractivity contribution in [2.24, 2.45) is 0 Å². The highest BCUT2D eigenvalue weighted by Crippen LogP contribution is 2.35. The number of rotatable bonds is 7. The van der Waals surface area contributed by atoms with Gasteiger partial charge in [0.1, 0.15) is 6.61 Å². The monoisotopic (exact) mass is 480 g/mol. The second-order valence-corrected chi connectivity index (χ2v) is 8.79. The number of ether oxygens (including phenoxy) is 2. The molecule has 0 saturated carbocycles. The van der Waals surface area contributed by atoms with Crippen LogP contribution in [0.15, 0.2) is 72.8 Å². The summed E-state index contributed by atoms with van der Waals surface area (Å²) < 4.78 is 11.6.